The molecule has 1 aliphatic heterocycles. The van der Waals surface area contributed by atoms with Gasteiger partial charge in [-0.3, -0.25) is 0 Å². The molecule has 0 bridgehead atoms. The minimum atomic E-state index is 0.665. The molecule has 0 spiro atoms. The summed E-state index contributed by atoms with van der Waals surface area (Å²) in [6.07, 6.45) is 1.26. The van der Waals surface area contributed by atoms with Crippen molar-refractivity contribution < 1.29 is 0 Å². The maximum absolute atomic E-state index is 3.75. The van der Waals surface area contributed by atoms with Gasteiger partial charge in [-0.25, -0.2) is 0 Å². The summed E-state index contributed by atoms with van der Waals surface area (Å²) in [5.74, 6) is 0.741. The first-order chi connectivity index (χ1) is 9.72. The van der Waals surface area contributed by atoms with Crippen molar-refractivity contribution in [2.75, 3.05) is 20.1 Å². The van der Waals surface area contributed by atoms with Crippen molar-refractivity contribution in [3.8, 4) is 10.4 Å². The highest BCUT2D eigenvalue weighted by molar-refractivity contribution is 7.14. The van der Waals surface area contributed by atoms with Crippen molar-refractivity contribution in [1.82, 2.24) is 10.2 Å². The summed E-state index contributed by atoms with van der Waals surface area (Å²) in [4.78, 5) is 5.25. The van der Waals surface area contributed by atoms with Gasteiger partial charge in [0.1, 0.15) is 0 Å². The third-order valence-corrected chi connectivity index (χ3v) is 5.96. The highest BCUT2D eigenvalue weighted by atomic mass is 32.1. The van der Waals surface area contributed by atoms with E-state index in [1.165, 1.54) is 34.8 Å². The van der Waals surface area contributed by atoms with Crippen LogP contribution in [-0.4, -0.2) is 31.1 Å². The highest BCUT2D eigenvalue weighted by Gasteiger charge is 2.23. The lowest BCUT2D eigenvalue weighted by molar-refractivity contribution is 0.174. The van der Waals surface area contributed by atoms with Crippen molar-refractivity contribution in [3.63, 3.8) is 0 Å². The van der Waals surface area contributed by atoms with Gasteiger partial charge in [0, 0.05) is 34.4 Å². The molecule has 2 unspecified atom stereocenters. The van der Waals surface area contributed by atoms with E-state index in [1.54, 1.807) is 0 Å². The molecule has 0 radical (unpaired) electrons. The Balaban J connectivity index is 1.56. The molecule has 2 atom stereocenters. The van der Waals surface area contributed by atoms with Gasteiger partial charge < -0.3 is 10.2 Å². The Morgan fingerprint density at radius 2 is 2.30 bits per heavy atom. The summed E-state index contributed by atoms with van der Waals surface area (Å²) in [6.45, 7) is 5.79. The van der Waals surface area contributed by atoms with Gasteiger partial charge in [0.25, 0.3) is 0 Å². The number of rotatable bonds is 4. The minimum Gasteiger partial charge on any atom is -0.309 e. The third kappa shape index (κ3) is 3.31. The average molecular weight is 306 g/mol. The Bertz CT molecular complexity index is 532. The molecular weight excluding hydrogens is 284 g/mol. The van der Waals surface area contributed by atoms with Crippen LogP contribution in [0.5, 0.6) is 0 Å². The predicted octanol–water partition coefficient (Wildman–Crippen LogP) is 3.91. The van der Waals surface area contributed by atoms with E-state index < -0.39 is 0 Å². The van der Waals surface area contributed by atoms with Gasteiger partial charge in [-0.15, -0.1) is 22.7 Å². The molecule has 2 aromatic heterocycles. The molecule has 1 fully saturated rings. The Morgan fingerprint density at radius 1 is 1.40 bits per heavy atom. The van der Waals surface area contributed by atoms with E-state index in [-0.39, 0.29) is 0 Å². The zero-order valence-electron chi connectivity index (χ0n) is 12.1. The Kier molecular flexibility index (Phi) is 4.56. The van der Waals surface area contributed by atoms with Gasteiger partial charge in [0.05, 0.1) is 0 Å². The molecule has 0 amide bonds. The third-order valence-electron chi connectivity index (χ3n) is 4.11. The Morgan fingerprint density at radius 3 is 3.05 bits per heavy atom. The largest absolute Gasteiger partial charge is 0.309 e. The van der Waals surface area contributed by atoms with Crippen LogP contribution in [0.1, 0.15) is 18.2 Å². The van der Waals surface area contributed by atoms with Gasteiger partial charge in [-0.1, -0.05) is 13.0 Å². The second-order valence-corrected chi connectivity index (χ2v) is 7.74. The van der Waals surface area contributed by atoms with Crippen LogP contribution in [0.25, 0.3) is 10.4 Å². The molecule has 3 heterocycles. The maximum Gasteiger partial charge on any atom is 0.0351 e. The summed E-state index contributed by atoms with van der Waals surface area (Å²) in [5.41, 5.74) is 1.37. The fraction of sp³-hybridized carbons (Fsp3) is 0.500. The normalized spacial score (nSPS) is 24.1. The van der Waals surface area contributed by atoms with E-state index in [4.69, 9.17) is 0 Å². The fourth-order valence-electron chi connectivity index (χ4n) is 2.93. The lowest BCUT2D eigenvalue weighted by Crippen LogP contribution is -2.46. The van der Waals surface area contributed by atoms with Gasteiger partial charge in [0.2, 0.25) is 0 Å². The first-order valence-electron chi connectivity index (χ1n) is 7.25. The SMILES string of the molecule is CC1CN(C)CCC1NCc1cc(-c2cccs2)cs1. The minimum absolute atomic E-state index is 0.665. The summed E-state index contributed by atoms with van der Waals surface area (Å²) in [6, 6.07) is 7.32. The number of hydrogen-bond acceptors (Lipinski definition) is 4. The zero-order chi connectivity index (χ0) is 13.9. The van der Waals surface area contributed by atoms with Crippen LogP contribution in [0, 0.1) is 5.92 Å². The van der Waals surface area contributed by atoms with E-state index in [2.05, 4.69) is 53.1 Å². The first kappa shape index (κ1) is 14.3. The Hall–Kier alpha value is -0.680. The van der Waals surface area contributed by atoms with Crippen LogP contribution in [0.2, 0.25) is 0 Å². The second-order valence-electron chi connectivity index (χ2n) is 5.79. The van der Waals surface area contributed by atoms with Crippen LogP contribution in [0.15, 0.2) is 29.0 Å². The molecule has 0 aliphatic carbocycles. The molecule has 2 aromatic rings. The molecule has 4 heteroatoms. The quantitative estimate of drug-likeness (QED) is 0.921. The van der Waals surface area contributed by atoms with Crippen molar-refractivity contribution in [2.45, 2.75) is 25.9 Å². The lowest BCUT2D eigenvalue weighted by atomic mass is 9.94. The van der Waals surface area contributed by atoms with Gasteiger partial charge >= 0.3 is 0 Å². The Labute approximate surface area is 129 Å². The van der Waals surface area contributed by atoms with Crippen molar-refractivity contribution in [1.29, 1.82) is 0 Å². The smallest absolute Gasteiger partial charge is 0.0351 e. The number of nitrogens with one attached hydrogen (secondary N) is 1. The van der Waals surface area contributed by atoms with Crippen LogP contribution >= 0.6 is 22.7 Å². The monoisotopic (exact) mass is 306 g/mol. The maximum atomic E-state index is 3.75. The van der Waals surface area contributed by atoms with Gasteiger partial charge in [0.15, 0.2) is 0 Å². The molecule has 108 valence electrons. The van der Waals surface area contributed by atoms with E-state index in [0.29, 0.717) is 6.04 Å². The summed E-state index contributed by atoms with van der Waals surface area (Å²) >= 11 is 3.69. The lowest BCUT2D eigenvalue weighted by Gasteiger charge is -2.35. The van der Waals surface area contributed by atoms with Gasteiger partial charge in [-0.05, 0) is 48.8 Å². The summed E-state index contributed by atoms with van der Waals surface area (Å²) < 4.78 is 0. The van der Waals surface area contributed by atoms with Crippen molar-refractivity contribution >= 4 is 22.7 Å². The highest BCUT2D eigenvalue weighted by Crippen LogP contribution is 2.29. The van der Waals surface area contributed by atoms with E-state index >= 15 is 0 Å². The van der Waals surface area contributed by atoms with Crippen LogP contribution in [0.4, 0.5) is 0 Å². The summed E-state index contributed by atoms with van der Waals surface area (Å²) in [5, 5.41) is 8.18. The molecule has 1 saturated heterocycles. The molecule has 0 aromatic carbocycles. The van der Waals surface area contributed by atoms with Crippen molar-refractivity contribution in [3.05, 3.63) is 33.8 Å². The molecular formula is C16H22N2S2. The number of hydrogen-bond donors (Lipinski definition) is 1. The standard InChI is InChI=1S/C16H22N2S2/c1-12-10-18(2)6-5-15(12)17-9-14-8-13(11-20-14)16-4-3-7-19-16/h3-4,7-8,11-12,15,17H,5-6,9-10H2,1-2H3. The molecule has 0 saturated carbocycles. The molecule has 3 rings (SSSR count). The number of thiophene rings is 2. The van der Waals surface area contributed by atoms with E-state index in [1.807, 2.05) is 22.7 Å². The fourth-order valence-corrected chi connectivity index (χ4v) is 4.56. The number of nitrogens with zero attached hydrogens (tertiary/aromatic N) is 1. The molecule has 2 nitrogen and oxygen atoms in total. The van der Waals surface area contributed by atoms with Gasteiger partial charge in [-0.2, -0.15) is 0 Å². The van der Waals surface area contributed by atoms with Crippen LogP contribution < -0.4 is 5.32 Å². The van der Waals surface area contributed by atoms with Crippen LogP contribution in [0.3, 0.4) is 0 Å². The van der Waals surface area contributed by atoms with Crippen molar-refractivity contribution in [2.24, 2.45) is 5.92 Å². The van der Waals surface area contributed by atoms with Crippen LogP contribution in [-0.2, 0) is 6.54 Å². The zero-order valence-corrected chi connectivity index (χ0v) is 13.8. The first-order valence-corrected chi connectivity index (χ1v) is 9.01. The predicted molar refractivity (Wildman–Crippen MR) is 89.5 cm³/mol. The molecule has 20 heavy (non-hydrogen) atoms. The summed E-state index contributed by atoms with van der Waals surface area (Å²) in [7, 11) is 2.22. The number of likely N-dealkylation sites (tertiary alicyclic amines) is 1. The molecule has 1 aliphatic rings. The van der Waals surface area contributed by atoms with E-state index in [9.17, 15) is 0 Å². The second kappa shape index (κ2) is 6.39. The average Bonchev–Trinajstić information content (AvgIpc) is 3.08. The molecule has 1 N–H and O–H groups in total. The number of piperidine rings is 1. The van der Waals surface area contributed by atoms with E-state index in [0.717, 1.165) is 12.5 Å². The topological polar surface area (TPSA) is 15.3 Å².